The first-order valence-corrected chi connectivity index (χ1v) is 7.77. The summed E-state index contributed by atoms with van der Waals surface area (Å²) in [6.45, 7) is 5.15. The van der Waals surface area contributed by atoms with Gasteiger partial charge in [0.05, 0.1) is 0 Å². The molecule has 0 saturated carbocycles. The van der Waals surface area contributed by atoms with Crippen molar-refractivity contribution in [1.29, 1.82) is 0 Å². The molecule has 3 aromatic rings. The van der Waals surface area contributed by atoms with Crippen LogP contribution in [-0.4, -0.2) is 26.4 Å². The zero-order chi connectivity index (χ0) is 16.6. The van der Waals surface area contributed by atoms with Crippen LogP contribution in [0.2, 0.25) is 0 Å². The number of anilines is 2. The van der Waals surface area contributed by atoms with Crippen molar-refractivity contribution in [1.82, 2.24) is 14.6 Å². The number of aromatic nitrogens is 3. The van der Waals surface area contributed by atoms with Gasteiger partial charge in [0.2, 0.25) is 10.9 Å². The molecule has 8 heteroatoms. The van der Waals surface area contributed by atoms with E-state index in [2.05, 4.69) is 20.8 Å². The molecule has 2 heterocycles. The maximum Gasteiger partial charge on any atom is 0.267 e. The van der Waals surface area contributed by atoms with Crippen molar-refractivity contribution in [3.63, 3.8) is 0 Å². The van der Waals surface area contributed by atoms with Crippen molar-refractivity contribution in [3.05, 3.63) is 40.7 Å². The molecule has 1 aromatic carbocycles. The standard InChI is InChI=1S/C15H15N5O2S/c1-8-13(23-15-19-18-9(2)20(8)15)14(22)17-12-6-4-5-11(7-12)16-10(3)21/h4-7H,1-3H3,(H,16,21)(H,17,22). The lowest BCUT2D eigenvalue weighted by molar-refractivity contribution is -0.114. The lowest BCUT2D eigenvalue weighted by Gasteiger charge is -2.07. The van der Waals surface area contributed by atoms with Crippen LogP contribution < -0.4 is 10.6 Å². The van der Waals surface area contributed by atoms with E-state index in [9.17, 15) is 9.59 Å². The molecule has 2 aromatic heterocycles. The Morgan fingerprint density at radius 2 is 1.83 bits per heavy atom. The van der Waals surface area contributed by atoms with E-state index in [4.69, 9.17) is 0 Å². The van der Waals surface area contributed by atoms with Gasteiger partial charge in [0, 0.05) is 24.0 Å². The van der Waals surface area contributed by atoms with E-state index in [1.807, 2.05) is 18.2 Å². The predicted octanol–water partition coefficient (Wildman–Crippen LogP) is 2.62. The van der Waals surface area contributed by atoms with Crippen LogP contribution in [0.1, 0.15) is 28.1 Å². The largest absolute Gasteiger partial charge is 0.326 e. The van der Waals surface area contributed by atoms with Crippen LogP contribution in [0.5, 0.6) is 0 Å². The third-order valence-corrected chi connectivity index (χ3v) is 4.43. The highest BCUT2D eigenvalue weighted by molar-refractivity contribution is 7.19. The summed E-state index contributed by atoms with van der Waals surface area (Å²) in [6.07, 6.45) is 0. The lowest BCUT2D eigenvalue weighted by atomic mass is 10.2. The molecule has 0 bridgehead atoms. The van der Waals surface area contributed by atoms with Gasteiger partial charge in [-0.05, 0) is 32.0 Å². The molecule has 0 spiro atoms. The van der Waals surface area contributed by atoms with E-state index < -0.39 is 0 Å². The van der Waals surface area contributed by atoms with Crippen LogP contribution in [0.3, 0.4) is 0 Å². The summed E-state index contributed by atoms with van der Waals surface area (Å²) in [5.41, 5.74) is 2.05. The van der Waals surface area contributed by atoms with Gasteiger partial charge in [-0.25, -0.2) is 0 Å². The molecule has 0 atom stereocenters. The molecule has 0 aliphatic heterocycles. The fourth-order valence-electron chi connectivity index (χ4n) is 2.34. The molecular formula is C15H15N5O2S. The first kappa shape index (κ1) is 15.2. The zero-order valence-electron chi connectivity index (χ0n) is 12.9. The molecule has 23 heavy (non-hydrogen) atoms. The summed E-state index contributed by atoms with van der Waals surface area (Å²) in [7, 11) is 0. The number of thiazole rings is 1. The van der Waals surface area contributed by atoms with E-state index in [1.54, 1.807) is 24.3 Å². The van der Waals surface area contributed by atoms with Gasteiger partial charge in [-0.2, -0.15) is 0 Å². The molecule has 0 radical (unpaired) electrons. The van der Waals surface area contributed by atoms with Crippen molar-refractivity contribution in [2.75, 3.05) is 10.6 Å². The zero-order valence-corrected chi connectivity index (χ0v) is 13.7. The summed E-state index contributed by atoms with van der Waals surface area (Å²) in [4.78, 5) is 24.9. The van der Waals surface area contributed by atoms with Crippen LogP contribution in [-0.2, 0) is 4.79 Å². The Labute approximate surface area is 136 Å². The van der Waals surface area contributed by atoms with Gasteiger partial charge in [-0.15, -0.1) is 10.2 Å². The molecule has 0 aliphatic carbocycles. The fourth-order valence-corrected chi connectivity index (χ4v) is 3.35. The lowest BCUT2D eigenvalue weighted by Crippen LogP contribution is -2.13. The normalized spacial score (nSPS) is 10.7. The highest BCUT2D eigenvalue weighted by Crippen LogP contribution is 2.24. The monoisotopic (exact) mass is 329 g/mol. The molecular weight excluding hydrogens is 314 g/mol. The number of hydrogen-bond acceptors (Lipinski definition) is 5. The van der Waals surface area contributed by atoms with Gasteiger partial charge in [-0.1, -0.05) is 17.4 Å². The minimum Gasteiger partial charge on any atom is -0.326 e. The average molecular weight is 329 g/mol. The number of benzene rings is 1. The maximum absolute atomic E-state index is 12.5. The Bertz CT molecular complexity index is 912. The highest BCUT2D eigenvalue weighted by Gasteiger charge is 2.18. The second-order valence-electron chi connectivity index (χ2n) is 5.10. The maximum atomic E-state index is 12.5. The summed E-state index contributed by atoms with van der Waals surface area (Å²) in [6, 6.07) is 7.00. The first-order chi connectivity index (χ1) is 11.0. The van der Waals surface area contributed by atoms with E-state index in [-0.39, 0.29) is 11.8 Å². The molecule has 7 nitrogen and oxygen atoms in total. The van der Waals surface area contributed by atoms with E-state index in [0.717, 1.165) is 11.5 Å². The smallest absolute Gasteiger partial charge is 0.267 e. The fraction of sp³-hybridized carbons (Fsp3) is 0.200. The third-order valence-electron chi connectivity index (χ3n) is 3.30. The van der Waals surface area contributed by atoms with E-state index >= 15 is 0 Å². The molecule has 0 saturated heterocycles. The van der Waals surface area contributed by atoms with Crippen molar-refractivity contribution in [2.45, 2.75) is 20.8 Å². The number of carbonyl (C=O) groups is 2. The average Bonchev–Trinajstić information content (AvgIpc) is 3.00. The summed E-state index contributed by atoms with van der Waals surface area (Å²) >= 11 is 1.29. The number of carbonyl (C=O) groups excluding carboxylic acids is 2. The van der Waals surface area contributed by atoms with Crippen LogP contribution in [0.15, 0.2) is 24.3 Å². The number of nitrogens with one attached hydrogen (secondary N) is 2. The minimum absolute atomic E-state index is 0.160. The molecule has 0 unspecified atom stereocenters. The highest BCUT2D eigenvalue weighted by atomic mass is 32.1. The van der Waals surface area contributed by atoms with Crippen molar-refractivity contribution in [3.8, 4) is 0 Å². The SMILES string of the molecule is CC(=O)Nc1cccc(NC(=O)c2sc3nnc(C)n3c2C)c1. The number of rotatable bonds is 3. The van der Waals surface area contributed by atoms with Crippen LogP contribution in [0, 0.1) is 13.8 Å². The Morgan fingerprint density at radius 1 is 1.13 bits per heavy atom. The Hall–Kier alpha value is -2.74. The molecule has 0 fully saturated rings. The van der Waals surface area contributed by atoms with E-state index in [1.165, 1.54) is 18.3 Å². The van der Waals surface area contributed by atoms with Gasteiger partial charge in [0.25, 0.3) is 5.91 Å². The number of fused-ring (bicyclic) bond motifs is 1. The Kier molecular flexibility index (Phi) is 3.83. The minimum atomic E-state index is -0.211. The first-order valence-electron chi connectivity index (χ1n) is 6.96. The van der Waals surface area contributed by atoms with Gasteiger partial charge in [0.1, 0.15) is 10.7 Å². The quantitative estimate of drug-likeness (QED) is 0.773. The third kappa shape index (κ3) is 2.93. The number of amides is 2. The van der Waals surface area contributed by atoms with Gasteiger partial charge in [0.15, 0.2) is 0 Å². The van der Waals surface area contributed by atoms with E-state index in [0.29, 0.717) is 21.2 Å². The Morgan fingerprint density at radius 3 is 2.48 bits per heavy atom. The summed E-state index contributed by atoms with van der Waals surface area (Å²) in [5, 5.41) is 13.6. The number of nitrogens with zero attached hydrogens (tertiary/aromatic N) is 3. The second kappa shape index (κ2) is 5.81. The molecule has 2 N–H and O–H groups in total. The van der Waals surface area contributed by atoms with Crippen molar-refractivity contribution in [2.24, 2.45) is 0 Å². The topological polar surface area (TPSA) is 88.4 Å². The number of hydrogen-bond donors (Lipinski definition) is 2. The summed E-state index contributed by atoms with van der Waals surface area (Å²) in [5.74, 6) is 0.379. The molecule has 2 amide bonds. The second-order valence-corrected chi connectivity index (χ2v) is 6.08. The van der Waals surface area contributed by atoms with Gasteiger partial charge in [-0.3, -0.25) is 14.0 Å². The summed E-state index contributed by atoms with van der Waals surface area (Å²) < 4.78 is 1.85. The van der Waals surface area contributed by atoms with Crippen LogP contribution in [0.25, 0.3) is 4.96 Å². The van der Waals surface area contributed by atoms with Gasteiger partial charge < -0.3 is 10.6 Å². The van der Waals surface area contributed by atoms with Crippen molar-refractivity contribution >= 4 is 39.5 Å². The van der Waals surface area contributed by atoms with Crippen molar-refractivity contribution < 1.29 is 9.59 Å². The Balaban J connectivity index is 1.86. The number of aryl methyl sites for hydroxylation is 2. The predicted molar refractivity (Wildman–Crippen MR) is 89.0 cm³/mol. The molecule has 0 aliphatic rings. The van der Waals surface area contributed by atoms with Crippen LogP contribution in [0.4, 0.5) is 11.4 Å². The molecule has 118 valence electrons. The molecule has 3 rings (SSSR count). The van der Waals surface area contributed by atoms with Gasteiger partial charge >= 0.3 is 0 Å². The van der Waals surface area contributed by atoms with Crippen LogP contribution >= 0.6 is 11.3 Å².